The van der Waals surface area contributed by atoms with Gasteiger partial charge in [0, 0.05) is 38.6 Å². The highest BCUT2D eigenvalue weighted by Gasteiger charge is 1.98. The molecule has 0 aliphatic heterocycles. The predicted molar refractivity (Wildman–Crippen MR) is 102 cm³/mol. The van der Waals surface area contributed by atoms with Gasteiger partial charge < -0.3 is 16.0 Å². The van der Waals surface area contributed by atoms with Gasteiger partial charge in [-0.05, 0) is 36.6 Å². The monoisotopic (exact) mass is 345 g/mol. The van der Waals surface area contributed by atoms with Crippen LogP contribution >= 0.6 is 11.6 Å². The SMILES string of the molecule is CN=C(NCCCNc1ccccc1)NCCc1ccc(Cl)nc1. The zero-order chi connectivity index (χ0) is 17.0. The molecule has 1 aromatic carbocycles. The van der Waals surface area contributed by atoms with Gasteiger partial charge in [0.15, 0.2) is 5.96 Å². The van der Waals surface area contributed by atoms with Gasteiger partial charge in [-0.2, -0.15) is 0 Å². The van der Waals surface area contributed by atoms with Gasteiger partial charge in [0.2, 0.25) is 0 Å². The Kier molecular flexibility index (Phi) is 7.90. The van der Waals surface area contributed by atoms with Crippen LogP contribution in [-0.2, 0) is 6.42 Å². The molecule has 0 unspecified atom stereocenters. The summed E-state index contributed by atoms with van der Waals surface area (Å²) in [6, 6.07) is 14.0. The molecule has 1 aromatic heterocycles. The molecule has 0 saturated heterocycles. The Morgan fingerprint density at radius 2 is 1.83 bits per heavy atom. The number of rotatable bonds is 8. The maximum Gasteiger partial charge on any atom is 0.190 e. The second kappa shape index (κ2) is 10.5. The van der Waals surface area contributed by atoms with E-state index < -0.39 is 0 Å². The van der Waals surface area contributed by atoms with E-state index in [9.17, 15) is 0 Å². The van der Waals surface area contributed by atoms with Crippen molar-refractivity contribution >= 4 is 23.2 Å². The lowest BCUT2D eigenvalue weighted by molar-refractivity contribution is 0.757. The Balaban J connectivity index is 1.57. The summed E-state index contributed by atoms with van der Waals surface area (Å²) in [5.41, 5.74) is 2.30. The van der Waals surface area contributed by atoms with E-state index in [0.29, 0.717) is 5.15 Å². The zero-order valence-corrected chi connectivity index (χ0v) is 14.7. The van der Waals surface area contributed by atoms with Crippen LogP contribution in [0.15, 0.2) is 53.7 Å². The number of nitrogens with zero attached hydrogens (tertiary/aromatic N) is 2. The van der Waals surface area contributed by atoms with Crippen LogP contribution in [0.3, 0.4) is 0 Å². The minimum Gasteiger partial charge on any atom is -0.385 e. The molecular weight excluding hydrogens is 322 g/mol. The summed E-state index contributed by atoms with van der Waals surface area (Å²) in [4.78, 5) is 8.30. The number of aliphatic imine (C=N–C) groups is 1. The van der Waals surface area contributed by atoms with Gasteiger partial charge in [-0.3, -0.25) is 4.99 Å². The lowest BCUT2D eigenvalue weighted by Crippen LogP contribution is -2.39. The Morgan fingerprint density at radius 1 is 1.04 bits per heavy atom. The molecule has 0 radical (unpaired) electrons. The molecule has 0 fully saturated rings. The molecule has 0 bridgehead atoms. The average molecular weight is 346 g/mol. The lowest BCUT2D eigenvalue weighted by Gasteiger charge is -2.12. The molecule has 1 heterocycles. The van der Waals surface area contributed by atoms with Crippen molar-refractivity contribution in [2.24, 2.45) is 4.99 Å². The Labute approximate surface area is 148 Å². The third-order valence-electron chi connectivity index (χ3n) is 3.47. The average Bonchev–Trinajstić information content (AvgIpc) is 2.62. The number of para-hydroxylation sites is 1. The summed E-state index contributed by atoms with van der Waals surface area (Å²) < 4.78 is 0. The van der Waals surface area contributed by atoms with Gasteiger partial charge >= 0.3 is 0 Å². The molecule has 0 atom stereocenters. The van der Waals surface area contributed by atoms with Gasteiger partial charge in [0.05, 0.1) is 0 Å². The normalized spacial score (nSPS) is 11.2. The molecule has 0 spiro atoms. The molecule has 2 aromatic rings. The Hall–Kier alpha value is -2.27. The number of halogens is 1. The summed E-state index contributed by atoms with van der Waals surface area (Å²) in [7, 11) is 1.78. The van der Waals surface area contributed by atoms with Gasteiger partial charge in [0.25, 0.3) is 0 Å². The summed E-state index contributed by atoms with van der Waals surface area (Å²) in [6.45, 7) is 2.58. The number of benzene rings is 1. The summed E-state index contributed by atoms with van der Waals surface area (Å²) in [5.74, 6) is 0.816. The molecule has 128 valence electrons. The van der Waals surface area contributed by atoms with E-state index in [1.54, 1.807) is 13.2 Å². The minimum atomic E-state index is 0.522. The minimum absolute atomic E-state index is 0.522. The van der Waals surface area contributed by atoms with Crippen LogP contribution < -0.4 is 16.0 Å². The van der Waals surface area contributed by atoms with E-state index in [1.165, 1.54) is 0 Å². The van der Waals surface area contributed by atoms with Crippen molar-refractivity contribution in [1.29, 1.82) is 0 Å². The highest BCUT2D eigenvalue weighted by Crippen LogP contribution is 2.05. The second-order valence-electron chi connectivity index (χ2n) is 5.31. The maximum atomic E-state index is 5.78. The standard InChI is InChI=1S/C18H24ClN5/c1-20-18(23-13-10-15-8-9-17(19)24-14-15)22-12-5-11-21-16-6-3-2-4-7-16/h2-4,6-9,14,21H,5,10-13H2,1H3,(H2,20,22,23). The van der Waals surface area contributed by atoms with Crippen molar-refractivity contribution in [3.63, 3.8) is 0 Å². The third-order valence-corrected chi connectivity index (χ3v) is 3.69. The highest BCUT2D eigenvalue weighted by atomic mass is 35.5. The molecule has 5 nitrogen and oxygen atoms in total. The molecular formula is C18H24ClN5. The number of hydrogen-bond donors (Lipinski definition) is 3. The van der Waals surface area contributed by atoms with Crippen LogP contribution in [0.5, 0.6) is 0 Å². The fraction of sp³-hybridized carbons (Fsp3) is 0.333. The predicted octanol–water partition coefficient (Wildman–Crippen LogP) is 2.94. The Bertz CT molecular complexity index is 613. The van der Waals surface area contributed by atoms with Crippen LogP contribution in [0, 0.1) is 0 Å². The molecule has 6 heteroatoms. The Morgan fingerprint density at radius 3 is 2.54 bits per heavy atom. The topological polar surface area (TPSA) is 61.3 Å². The van der Waals surface area contributed by atoms with Crippen LogP contribution in [0.2, 0.25) is 5.15 Å². The quantitative estimate of drug-likeness (QED) is 0.298. The van der Waals surface area contributed by atoms with Gasteiger partial charge in [0.1, 0.15) is 5.15 Å². The van der Waals surface area contributed by atoms with E-state index in [4.69, 9.17) is 11.6 Å². The maximum absolute atomic E-state index is 5.78. The first kappa shape index (κ1) is 18.1. The van der Waals surface area contributed by atoms with E-state index >= 15 is 0 Å². The number of aromatic nitrogens is 1. The van der Waals surface area contributed by atoms with Gasteiger partial charge in [-0.25, -0.2) is 4.98 Å². The summed E-state index contributed by atoms with van der Waals surface area (Å²) in [5, 5.41) is 10.5. The van der Waals surface area contributed by atoms with Gasteiger partial charge in [-0.15, -0.1) is 0 Å². The van der Waals surface area contributed by atoms with Crippen LogP contribution in [0.1, 0.15) is 12.0 Å². The molecule has 24 heavy (non-hydrogen) atoms. The van der Waals surface area contributed by atoms with Crippen molar-refractivity contribution in [2.45, 2.75) is 12.8 Å². The van der Waals surface area contributed by atoms with Crippen LogP contribution in [0.4, 0.5) is 5.69 Å². The zero-order valence-electron chi connectivity index (χ0n) is 13.9. The van der Waals surface area contributed by atoms with E-state index in [-0.39, 0.29) is 0 Å². The highest BCUT2D eigenvalue weighted by molar-refractivity contribution is 6.29. The number of pyridine rings is 1. The smallest absolute Gasteiger partial charge is 0.190 e. The largest absolute Gasteiger partial charge is 0.385 e. The number of guanidine groups is 1. The molecule has 3 N–H and O–H groups in total. The lowest BCUT2D eigenvalue weighted by atomic mass is 10.2. The second-order valence-corrected chi connectivity index (χ2v) is 5.70. The van der Waals surface area contributed by atoms with Crippen molar-refractivity contribution in [2.75, 3.05) is 32.0 Å². The van der Waals surface area contributed by atoms with Crippen molar-refractivity contribution in [3.8, 4) is 0 Å². The molecule has 0 saturated carbocycles. The van der Waals surface area contributed by atoms with E-state index in [1.807, 2.05) is 30.3 Å². The van der Waals surface area contributed by atoms with E-state index in [0.717, 1.165) is 49.7 Å². The first-order valence-corrected chi connectivity index (χ1v) is 8.49. The number of anilines is 1. The molecule has 0 aliphatic carbocycles. The van der Waals surface area contributed by atoms with Crippen molar-refractivity contribution in [1.82, 2.24) is 15.6 Å². The third kappa shape index (κ3) is 6.87. The first-order valence-electron chi connectivity index (χ1n) is 8.12. The fourth-order valence-corrected chi connectivity index (χ4v) is 2.30. The fourth-order valence-electron chi connectivity index (χ4n) is 2.18. The molecule has 2 rings (SSSR count). The van der Waals surface area contributed by atoms with Crippen molar-refractivity contribution < 1.29 is 0 Å². The molecule has 0 amide bonds. The number of nitrogens with one attached hydrogen (secondary N) is 3. The van der Waals surface area contributed by atoms with Crippen LogP contribution in [0.25, 0.3) is 0 Å². The number of hydrogen-bond acceptors (Lipinski definition) is 3. The van der Waals surface area contributed by atoms with Gasteiger partial charge in [-0.1, -0.05) is 35.9 Å². The van der Waals surface area contributed by atoms with Crippen molar-refractivity contribution in [3.05, 3.63) is 59.4 Å². The first-order chi connectivity index (χ1) is 11.8. The van der Waals surface area contributed by atoms with Crippen LogP contribution in [-0.4, -0.2) is 37.6 Å². The van der Waals surface area contributed by atoms with E-state index in [2.05, 4.69) is 38.1 Å². The summed E-state index contributed by atoms with van der Waals surface area (Å²) in [6.07, 6.45) is 3.69. The summed E-state index contributed by atoms with van der Waals surface area (Å²) >= 11 is 5.78. The molecule has 0 aliphatic rings.